The molecule has 0 saturated heterocycles. The van der Waals surface area contributed by atoms with Crippen LogP contribution in [0.15, 0.2) is 6.33 Å². The third kappa shape index (κ3) is 1.78. The highest BCUT2D eigenvalue weighted by atomic mass is 16.4. The van der Waals surface area contributed by atoms with Crippen LogP contribution in [0.1, 0.15) is 30.7 Å². The Labute approximate surface area is 82.6 Å². The summed E-state index contributed by atoms with van der Waals surface area (Å²) in [7, 11) is 0. The van der Waals surface area contributed by atoms with Crippen LogP contribution in [-0.4, -0.2) is 20.6 Å². The van der Waals surface area contributed by atoms with Gasteiger partial charge < -0.3 is 9.67 Å². The maximum absolute atomic E-state index is 10.4. The summed E-state index contributed by atoms with van der Waals surface area (Å²) in [5.74, 6) is -0.748. The van der Waals surface area contributed by atoms with Crippen molar-refractivity contribution >= 4 is 5.97 Å². The first-order valence-electron chi connectivity index (χ1n) is 5.02. The van der Waals surface area contributed by atoms with Gasteiger partial charge in [-0.1, -0.05) is 0 Å². The number of hydrogen-bond acceptors (Lipinski definition) is 2. The van der Waals surface area contributed by atoms with Crippen molar-refractivity contribution in [3.8, 4) is 0 Å². The molecule has 0 radical (unpaired) electrons. The Bertz CT molecular complexity index is 344. The Kier molecular flexibility index (Phi) is 2.52. The zero-order valence-corrected chi connectivity index (χ0v) is 8.07. The molecule has 0 bridgehead atoms. The zero-order chi connectivity index (χ0) is 9.97. The first-order valence-corrected chi connectivity index (χ1v) is 5.02. The van der Waals surface area contributed by atoms with Crippen LogP contribution in [0.25, 0.3) is 0 Å². The van der Waals surface area contributed by atoms with Crippen LogP contribution in [0.3, 0.4) is 0 Å². The molecule has 76 valence electrons. The fourth-order valence-corrected chi connectivity index (χ4v) is 1.94. The van der Waals surface area contributed by atoms with Crippen LogP contribution in [0.2, 0.25) is 0 Å². The summed E-state index contributed by atoms with van der Waals surface area (Å²) in [6, 6.07) is 0. The van der Waals surface area contributed by atoms with E-state index in [0.29, 0.717) is 6.42 Å². The van der Waals surface area contributed by atoms with Gasteiger partial charge in [-0.15, -0.1) is 0 Å². The normalized spacial score (nSPS) is 15.1. The second kappa shape index (κ2) is 3.82. The molecular weight excluding hydrogens is 180 g/mol. The molecule has 1 aromatic heterocycles. The molecule has 2 heterocycles. The van der Waals surface area contributed by atoms with Gasteiger partial charge >= 0.3 is 5.97 Å². The lowest BCUT2D eigenvalue weighted by Crippen LogP contribution is -2.10. The number of fused-ring (bicyclic) bond motifs is 1. The van der Waals surface area contributed by atoms with E-state index in [9.17, 15) is 4.79 Å². The lowest BCUT2D eigenvalue weighted by molar-refractivity contribution is -0.136. The van der Waals surface area contributed by atoms with Crippen molar-refractivity contribution in [2.24, 2.45) is 0 Å². The van der Waals surface area contributed by atoms with Gasteiger partial charge in [-0.2, -0.15) is 0 Å². The fraction of sp³-hybridized carbons (Fsp3) is 0.600. The van der Waals surface area contributed by atoms with Gasteiger partial charge in [0.1, 0.15) is 0 Å². The van der Waals surface area contributed by atoms with Gasteiger partial charge in [0.05, 0.1) is 18.4 Å². The number of carbonyl (C=O) groups is 1. The first-order chi connectivity index (χ1) is 6.77. The maximum atomic E-state index is 10.4. The summed E-state index contributed by atoms with van der Waals surface area (Å²) in [6.45, 7) is 1.04. The van der Waals surface area contributed by atoms with Gasteiger partial charge in [0.2, 0.25) is 0 Å². The van der Waals surface area contributed by atoms with Gasteiger partial charge in [0.25, 0.3) is 0 Å². The van der Waals surface area contributed by atoms with E-state index in [1.54, 1.807) is 0 Å². The van der Waals surface area contributed by atoms with E-state index in [2.05, 4.69) is 9.55 Å². The van der Waals surface area contributed by atoms with Crippen molar-refractivity contribution < 1.29 is 9.90 Å². The highest BCUT2D eigenvalue weighted by Crippen LogP contribution is 2.18. The largest absolute Gasteiger partial charge is 0.481 e. The quantitative estimate of drug-likeness (QED) is 0.787. The summed E-state index contributed by atoms with van der Waals surface area (Å²) < 4.78 is 2.15. The number of nitrogens with zero attached hydrogens (tertiary/aromatic N) is 2. The summed E-state index contributed by atoms with van der Waals surface area (Å²) in [5.41, 5.74) is 2.23. The molecule has 0 atom stereocenters. The number of carboxylic acids is 1. The van der Waals surface area contributed by atoms with Crippen LogP contribution in [0.4, 0.5) is 0 Å². The van der Waals surface area contributed by atoms with E-state index in [-0.39, 0.29) is 6.42 Å². The SMILES string of the molecule is O=C(O)CCc1ncn2c1CCCC2. The molecule has 4 heteroatoms. The molecule has 1 aliphatic rings. The highest BCUT2D eigenvalue weighted by molar-refractivity contribution is 5.67. The fourth-order valence-electron chi connectivity index (χ4n) is 1.94. The van der Waals surface area contributed by atoms with Crippen molar-refractivity contribution in [2.75, 3.05) is 0 Å². The third-order valence-electron chi connectivity index (χ3n) is 2.67. The Morgan fingerprint density at radius 2 is 2.43 bits per heavy atom. The summed E-state index contributed by atoms with van der Waals surface area (Å²) >= 11 is 0. The highest BCUT2D eigenvalue weighted by Gasteiger charge is 2.14. The topological polar surface area (TPSA) is 55.1 Å². The van der Waals surface area contributed by atoms with E-state index in [4.69, 9.17) is 5.11 Å². The molecule has 1 aromatic rings. The zero-order valence-electron chi connectivity index (χ0n) is 8.07. The lowest BCUT2D eigenvalue weighted by Gasteiger charge is -2.14. The molecule has 0 saturated carbocycles. The van der Waals surface area contributed by atoms with Crippen molar-refractivity contribution in [3.63, 3.8) is 0 Å². The average Bonchev–Trinajstić information content (AvgIpc) is 2.58. The molecule has 0 aromatic carbocycles. The molecule has 0 fully saturated rings. The molecule has 1 N–H and O–H groups in total. The van der Waals surface area contributed by atoms with E-state index < -0.39 is 5.97 Å². The monoisotopic (exact) mass is 194 g/mol. The third-order valence-corrected chi connectivity index (χ3v) is 2.67. The van der Waals surface area contributed by atoms with Gasteiger partial charge in [-0.3, -0.25) is 4.79 Å². The van der Waals surface area contributed by atoms with E-state index in [1.807, 2.05) is 6.33 Å². The van der Waals surface area contributed by atoms with Crippen molar-refractivity contribution in [1.29, 1.82) is 0 Å². The molecule has 4 nitrogen and oxygen atoms in total. The van der Waals surface area contributed by atoms with Crippen molar-refractivity contribution in [3.05, 3.63) is 17.7 Å². The lowest BCUT2D eigenvalue weighted by atomic mass is 10.1. The maximum Gasteiger partial charge on any atom is 0.303 e. The molecular formula is C10H14N2O2. The number of imidazole rings is 1. The van der Waals surface area contributed by atoms with Crippen LogP contribution in [0.5, 0.6) is 0 Å². The summed E-state index contributed by atoms with van der Waals surface area (Å²) in [5, 5.41) is 8.58. The minimum atomic E-state index is -0.748. The number of carboxylic acid groups (broad SMARTS) is 1. The van der Waals surface area contributed by atoms with Gasteiger partial charge in [-0.05, 0) is 19.3 Å². The minimum Gasteiger partial charge on any atom is -0.481 e. The smallest absolute Gasteiger partial charge is 0.303 e. The molecule has 1 aliphatic heterocycles. The van der Waals surface area contributed by atoms with E-state index in [1.165, 1.54) is 18.5 Å². The average molecular weight is 194 g/mol. The second-order valence-corrected chi connectivity index (χ2v) is 3.68. The second-order valence-electron chi connectivity index (χ2n) is 3.68. The number of rotatable bonds is 3. The van der Waals surface area contributed by atoms with Crippen molar-refractivity contribution in [2.45, 2.75) is 38.6 Å². The Morgan fingerprint density at radius 3 is 3.21 bits per heavy atom. The molecule has 14 heavy (non-hydrogen) atoms. The molecule has 0 unspecified atom stereocenters. The predicted octanol–water partition coefficient (Wildman–Crippen LogP) is 1.24. The van der Waals surface area contributed by atoms with Gasteiger partial charge in [0, 0.05) is 18.7 Å². The summed E-state index contributed by atoms with van der Waals surface area (Å²) in [4.78, 5) is 14.7. The van der Waals surface area contributed by atoms with E-state index >= 15 is 0 Å². The van der Waals surface area contributed by atoms with Crippen LogP contribution < -0.4 is 0 Å². The summed E-state index contributed by atoms with van der Waals surface area (Å²) in [6.07, 6.45) is 6.05. The van der Waals surface area contributed by atoms with Crippen LogP contribution in [0, 0.1) is 0 Å². The molecule has 0 aliphatic carbocycles. The number of aryl methyl sites for hydroxylation is 2. The number of hydrogen-bond donors (Lipinski definition) is 1. The standard InChI is InChI=1S/C10H14N2O2/c13-10(14)5-4-8-9-3-1-2-6-12(9)7-11-8/h7H,1-6H2,(H,13,14). The number of aromatic nitrogens is 2. The molecule has 0 spiro atoms. The first kappa shape index (κ1) is 9.24. The minimum absolute atomic E-state index is 0.185. The molecule has 2 rings (SSSR count). The predicted molar refractivity (Wildman–Crippen MR) is 51.1 cm³/mol. The Hall–Kier alpha value is -1.32. The van der Waals surface area contributed by atoms with E-state index in [0.717, 1.165) is 18.7 Å². The van der Waals surface area contributed by atoms with Gasteiger partial charge in [-0.25, -0.2) is 4.98 Å². The Morgan fingerprint density at radius 1 is 1.57 bits per heavy atom. The molecule has 0 amide bonds. The number of aliphatic carboxylic acids is 1. The Balaban J connectivity index is 2.10. The van der Waals surface area contributed by atoms with Crippen molar-refractivity contribution in [1.82, 2.24) is 9.55 Å². The van der Waals surface area contributed by atoms with Crippen LogP contribution >= 0.6 is 0 Å². The van der Waals surface area contributed by atoms with Crippen LogP contribution in [-0.2, 0) is 24.2 Å². The van der Waals surface area contributed by atoms with Gasteiger partial charge in [0.15, 0.2) is 0 Å².